The molecule has 0 bridgehead atoms. The van der Waals surface area contributed by atoms with Crippen LogP contribution in [0.4, 0.5) is 5.69 Å². The van der Waals surface area contributed by atoms with Crippen molar-refractivity contribution in [2.75, 3.05) is 31.5 Å². The van der Waals surface area contributed by atoms with Crippen molar-refractivity contribution < 1.29 is 4.79 Å². The summed E-state index contributed by atoms with van der Waals surface area (Å²) in [5.74, 6) is 0.129. The molecule has 4 nitrogen and oxygen atoms in total. The SMILES string of the molecule is CC(=O)N1CCN(C(=S)Nc2ccccc2Br)CC1. The lowest BCUT2D eigenvalue weighted by Gasteiger charge is -2.35. The van der Waals surface area contributed by atoms with Crippen molar-refractivity contribution in [1.29, 1.82) is 0 Å². The molecule has 0 unspecified atom stereocenters. The minimum absolute atomic E-state index is 0.129. The average Bonchev–Trinajstić information content (AvgIpc) is 2.41. The van der Waals surface area contributed by atoms with Crippen molar-refractivity contribution in [3.05, 3.63) is 28.7 Å². The number of carbonyl (C=O) groups excluding carboxylic acids is 1. The quantitative estimate of drug-likeness (QED) is 0.795. The van der Waals surface area contributed by atoms with E-state index >= 15 is 0 Å². The lowest BCUT2D eigenvalue weighted by molar-refractivity contribution is -0.130. The molecule has 0 aromatic heterocycles. The molecule has 1 saturated heterocycles. The van der Waals surface area contributed by atoms with Gasteiger partial charge in [0.25, 0.3) is 0 Å². The highest BCUT2D eigenvalue weighted by Crippen LogP contribution is 2.21. The Hall–Kier alpha value is -1.14. The zero-order chi connectivity index (χ0) is 13.8. The molecule has 0 spiro atoms. The molecule has 2 rings (SSSR count). The zero-order valence-electron chi connectivity index (χ0n) is 10.7. The van der Waals surface area contributed by atoms with Crippen LogP contribution in [-0.4, -0.2) is 47.0 Å². The molecule has 1 heterocycles. The van der Waals surface area contributed by atoms with E-state index in [0.717, 1.165) is 36.3 Å². The number of hydrogen-bond donors (Lipinski definition) is 1. The van der Waals surface area contributed by atoms with Gasteiger partial charge < -0.3 is 15.1 Å². The molecule has 102 valence electrons. The monoisotopic (exact) mass is 341 g/mol. The summed E-state index contributed by atoms with van der Waals surface area (Å²) < 4.78 is 0.986. The van der Waals surface area contributed by atoms with Gasteiger partial charge in [0.15, 0.2) is 5.11 Å². The van der Waals surface area contributed by atoms with E-state index in [-0.39, 0.29) is 5.91 Å². The van der Waals surface area contributed by atoms with Gasteiger partial charge in [0.1, 0.15) is 0 Å². The summed E-state index contributed by atoms with van der Waals surface area (Å²) in [7, 11) is 0. The number of carbonyl (C=O) groups is 1. The van der Waals surface area contributed by atoms with E-state index < -0.39 is 0 Å². The molecule has 1 aromatic carbocycles. The van der Waals surface area contributed by atoms with E-state index in [2.05, 4.69) is 26.1 Å². The van der Waals surface area contributed by atoms with Crippen molar-refractivity contribution in [3.63, 3.8) is 0 Å². The number of para-hydroxylation sites is 1. The Morgan fingerprint density at radius 2 is 1.79 bits per heavy atom. The standard InChI is InChI=1S/C13H16BrN3OS/c1-10(18)16-6-8-17(9-7-16)13(19)15-12-5-3-2-4-11(12)14/h2-5H,6-9H2,1H3,(H,15,19). The van der Waals surface area contributed by atoms with Crippen LogP contribution in [0.1, 0.15) is 6.92 Å². The maximum atomic E-state index is 11.3. The Labute approximate surface area is 126 Å². The Morgan fingerprint density at radius 1 is 1.21 bits per heavy atom. The Bertz CT molecular complexity index is 487. The maximum Gasteiger partial charge on any atom is 0.219 e. The van der Waals surface area contributed by atoms with Crippen molar-refractivity contribution in [1.82, 2.24) is 9.80 Å². The van der Waals surface area contributed by atoms with Gasteiger partial charge in [0.2, 0.25) is 5.91 Å². The summed E-state index contributed by atoms with van der Waals surface area (Å²) in [4.78, 5) is 15.2. The summed E-state index contributed by atoms with van der Waals surface area (Å²) in [5, 5.41) is 3.93. The molecule has 1 aliphatic heterocycles. The number of hydrogen-bond acceptors (Lipinski definition) is 2. The van der Waals surface area contributed by atoms with Crippen LogP contribution >= 0.6 is 28.1 Å². The van der Waals surface area contributed by atoms with Gasteiger partial charge in [-0.15, -0.1) is 0 Å². The third-order valence-electron chi connectivity index (χ3n) is 3.13. The van der Waals surface area contributed by atoms with Crippen molar-refractivity contribution >= 4 is 44.9 Å². The highest BCUT2D eigenvalue weighted by molar-refractivity contribution is 9.10. The van der Waals surface area contributed by atoms with Gasteiger partial charge in [0.05, 0.1) is 5.69 Å². The molecule has 1 fully saturated rings. The van der Waals surface area contributed by atoms with E-state index in [9.17, 15) is 4.79 Å². The van der Waals surface area contributed by atoms with Gasteiger partial charge >= 0.3 is 0 Å². The van der Waals surface area contributed by atoms with Crippen LogP contribution < -0.4 is 5.32 Å². The zero-order valence-corrected chi connectivity index (χ0v) is 13.1. The van der Waals surface area contributed by atoms with Crippen LogP contribution in [0.3, 0.4) is 0 Å². The van der Waals surface area contributed by atoms with E-state index in [1.54, 1.807) is 6.92 Å². The maximum absolute atomic E-state index is 11.3. The van der Waals surface area contributed by atoms with Crippen LogP contribution in [0.15, 0.2) is 28.7 Å². The van der Waals surface area contributed by atoms with Crippen molar-refractivity contribution in [2.45, 2.75) is 6.92 Å². The fourth-order valence-corrected chi connectivity index (χ4v) is 2.66. The summed E-state index contributed by atoms with van der Waals surface area (Å²) in [6, 6.07) is 7.87. The summed E-state index contributed by atoms with van der Waals surface area (Å²) in [6.45, 7) is 4.61. The fourth-order valence-electron chi connectivity index (χ4n) is 1.98. The topological polar surface area (TPSA) is 35.6 Å². The first-order valence-electron chi connectivity index (χ1n) is 6.14. The number of anilines is 1. The third kappa shape index (κ3) is 3.67. The Kier molecular flexibility index (Phi) is 4.76. The smallest absolute Gasteiger partial charge is 0.219 e. The van der Waals surface area contributed by atoms with Crippen molar-refractivity contribution in [2.24, 2.45) is 0 Å². The average molecular weight is 342 g/mol. The molecule has 0 atom stereocenters. The van der Waals surface area contributed by atoms with Gasteiger partial charge in [0, 0.05) is 37.6 Å². The number of amides is 1. The first kappa shape index (κ1) is 14.3. The molecular weight excluding hydrogens is 326 g/mol. The molecule has 0 saturated carbocycles. The molecule has 0 radical (unpaired) electrons. The van der Waals surface area contributed by atoms with Crippen molar-refractivity contribution in [3.8, 4) is 0 Å². The first-order valence-corrected chi connectivity index (χ1v) is 7.34. The molecule has 19 heavy (non-hydrogen) atoms. The Morgan fingerprint density at radius 3 is 2.37 bits per heavy atom. The number of thiocarbonyl (C=S) groups is 1. The highest BCUT2D eigenvalue weighted by atomic mass is 79.9. The third-order valence-corrected chi connectivity index (χ3v) is 4.18. The van der Waals surface area contributed by atoms with Gasteiger partial charge in [-0.3, -0.25) is 4.79 Å². The second-order valence-electron chi connectivity index (χ2n) is 4.40. The highest BCUT2D eigenvalue weighted by Gasteiger charge is 2.20. The van der Waals surface area contributed by atoms with E-state index in [0.29, 0.717) is 5.11 Å². The largest absolute Gasteiger partial charge is 0.345 e. The van der Waals surface area contributed by atoms with Crippen LogP contribution in [0.2, 0.25) is 0 Å². The second kappa shape index (κ2) is 6.34. The van der Waals surface area contributed by atoms with Gasteiger partial charge in [-0.05, 0) is 40.3 Å². The van der Waals surface area contributed by atoms with Gasteiger partial charge in [-0.1, -0.05) is 12.1 Å². The number of halogens is 1. The molecule has 1 amide bonds. The summed E-state index contributed by atoms with van der Waals surface area (Å²) >= 11 is 8.89. The minimum atomic E-state index is 0.129. The van der Waals surface area contributed by atoms with Crippen LogP contribution in [0.25, 0.3) is 0 Å². The lowest BCUT2D eigenvalue weighted by atomic mass is 10.3. The number of nitrogens with one attached hydrogen (secondary N) is 1. The number of rotatable bonds is 1. The molecule has 0 aliphatic carbocycles. The predicted octanol–water partition coefficient (Wildman–Crippen LogP) is 2.31. The molecule has 1 aromatic rings. The van der Waals surface area contributed by atoms with E-state index in [1.807, 2.05) is 29.2 Å². The van der Waals surface area contributed by atoms with Crippen LogP contribution in [0, 0.1) is 0 Å². The van der Waals surface area contributed by atoms with Crippen LogP contribution in [0.5, 0.6) is 0 Å². The number of benzene rings is 1. The predicted molar refractivity (Wildman–Crippen MR) is 84.2 cm³/mol. The number of nitrogens with zero attached hydrogens (tertiary/aromatic N) is 2. The normalized spacial score (nSPS) is 15.3. The molecule has 6 heteroatoms. The Balaban J connectivity index is 1.92. The summed E-state index contributed by atoms with van der Waals surface area (Å²) in [6.07, 6.45) is 0. The molecular formula is C13H16BrN3OS. The van der Waals surface area contributed by atoms with Gasteiger partial charge in [-0.2, -0.15) is 0 Å². The summed E-state index contributed by atoms with van der Waals surface area (Å²) in [5.41, 5.74) is 0.960. The lowest BCUT2D eigenvalue weighted by Crippen LogP contribution is -2.51. The first-order chi connectivity index (χ1) is 9.08. The molecule has 1 N–H and O–H groups in total. The van der Waals surface area contributed by atoms with E-state index in [1.165, 1.54) is 0 Å². The molecule has 1 aliphatic rings. The van der Waals surface area contributed by atoms with Crippen LogP contribution in [-0.2, 0) is 4.79 Å². The number of piperazine rings is 1. The minimum Gasteiger partial charge on any atom is -0.345 e. The van der Waals surface area contributed by atoms with E-state index in [4.69, 9.17) is 12.2 Å². The second-order valence-corrected chi connectivity index (χ2v) is 5.64. The fraction of sp³-hybridized carbons (Fsp3) is 0.385. The van der Waals surface area contributed by atoms with Gasteiger partial charge in [-0.25, -0.2) is 0 Å².